The molecule has 1 aromatic heterocycles. The van der Waals surface area contributed by atoms with Gasteiger partial charge in [0.15, 0.2) is 12.2 Å². The van der Waals surface area contributed by atoms with E-state index in [0.29, 0.717) is 5.76 Å². The Kier molecular flexibility index (Phi) is 3.78. The third-order valence-electron chi connectivity index (χ3n) is 3.51. The quantitative estimate of drug-likeness (QED) is 0.898. The first kappa shape index (κ1) is 12.9. The van der Waals surface area contributed by atoms with E-state index >= 15 is 0 Å². The van der Waals surface area contributed by atoms with Gasteiger partial charge >= 0.3 is 0 Å². The molecule has 3 rings (SSSR count). The lowest BCUT2D eigenvalue weighted by Crippen LogP contribution is -2.37. The molecule has 2 N–H and O–H groups in total. The Morgan fingerprint density at radius 3 is 3.15 bits per heavy atom. The van der Waals surface area contributed by atoms with Gasteiger partial charge in [0.2, 0.25) is 5.91 Å². The molecule has 1 aliphatic rings. The summed E-state index contributed by atoms with van der Waals surface area (Å²) in [6.07, 6.45) is 5.05. The summed E-state index contributed by atoms with van der Waals surface area (Å²) < 4.78 is 5.26. The molecule has 2 aromatic rings. The van der Waals surface area contributed by atoms with E-state index in [-0.39, 0.29) is 11.8 Å². The fourth-order valence-corrected chi connectivity index (χ4v) is 2.43. The molecule has 1 fully saturated rings. The Morgan fingerprint density at radius 2 is 2.40 bits per heavy atom. The van der Waals surface area contributed by atoms with Crippen molar-refractivity contribution >= 4 is 11.6 Å². The number of rotatable bonds is 3. The van der Waals surface area contributed by atoms with E-state index in [9.17, 15) is 4.79 Å². The molecule has 0 aliphatic carbocycles. The monoisotopic (exact) mass is 271 g/mol. The van der Waals surface area contributed by atoms with Gasteiger partial charge in [0.05, 0.1) is 12.1 Å². The molecule has 2 heterocycles. The van der Waals surface area contributed by atoms with Crippen LogP contribution in [0.3, 0.4) is 0 Å². The molecule has 1 saturated heterocycles. The van der Waals surface area contributed by atoms with Gasteiger partial charge in [0.1, 0.15) is 0 Å². The molecule has 0 unspecified atom stereocenters. The third kappa shape index (κ3) is 2.88. The molecule has 0 bridgehead atoms. The first-order valence-electron chi connectivity index (χ1n) is 6.83. The number of amides is 1. The second-order valence-electron chi connectivity index (χ2n) is 4.98. The molecule has 5 heteroatoms. The standard InChI is InChI=1S/C15H17N3O2/c19-15(12-4-2-6-16-8-12)18-13-5-1-3-11(7-13)14-9-17-10-20-14/h1,3,5,7,9-10,12,16H,2,4,6,8H2,(H,18,19)/t12-/m0/s1. The number of nitrogens with zero attached hydrogens (tertiary/aromatic N) is 1. The maximum Gasteiger partial charge on any atom is 0.228 e. The summed E-state index contributed by atoms with van der Waals surface area (Å²) in [4.78, 5) is 16.1. The van der Waals surface area contributed by atoms with Gasteiger partial charge in [-0.15, -0.1) is 0 Å². The fourth-order valence-electron chi connectivity index (χ4n) is 2.43. The van der Waals surface area contributed by atoms with Crippen molar-refractivity contribution in [1.29, 1.82) is 0 Å². The van der Waals surface area contributed by atoms with Crippen molar-refractivity contribution in [3.8, 4) is 11.3 Å². The van der Waals surface area contributed by atoms with Crippen LogP contribution in [0, 0.1) is 5.92 Å². The molecule has 20 heavy (non-hydrogen) atoms. The van der Waals surface area contributed by atoms with E-state index in [2.05, 4.69) is 15.6 Å². The van der Waals surface area contributed by atoms with Crippen LogP contribution in [-0.4, -0.2) is 24.0 Å². The number of hydrogen-bond acceptors (Lipinski definition) is 4. The van der Waals surface area contributed by atoms with Crippen molar-refractivity contribution < 1.29 is 9.21 Å². The Bertz CT molecular complexity index is 575. The highest BCUT2D eigenvalue weighted by atomic mass is 16.3. The van der Waals surface area contributed by atoms with Gasteiger partial charge in [-0.1, -0.05) is 12.1 Å². The second-order valence-corrected chi connectivity index (χ2v) is 4.98. The molecule has 0 radical (unpaired) electrons. The molecule has 1 amide bonds. The minimum atomic E-state index is 0.0534. The minimum Gasteiger partial charge on any atom is -0.444 e. The number of carbonyl (C=O) groups is 1. The van der Waals surface area contributed by atoms with Crippen LogP contribution in [0.15, 0.2) is 41.3 Å². The van der Waals surface area contributed by atoms with Crippen LogP contribution in [0.5, 0.6) is 0 Å². The number of aromatic nitrogens is 1. The van der Waals surface area contributed by atoms with Crippen LogP contribution in [0.1, 0.15) is 12.8 Å². The summed E-state index contributed by atoms with van der Waals surface area (Å²) in [7, 11) is 0. The van der Waals surface area contributed by atoms with Crippen LogP contribution < -0.4 is 10.6 Å². The van der Waals surface area contributed by atoms with Gasteiger partial charge in [0, 0.05) is 17.8 Å². The smallest absolute Gasteiger partial charge is 0.228 e. The van der Waals surface area contributed by atoms with E-state index in [0.717, 1.165) is 37.2 Å². The van der Waals surface area contributed by atoms with Gasteiger partial charge in [-0.05, 0) is 31.5 Å². The van der Waals surface area contributed by atoms with Crippen molar-refractivity contribution in [2.75, 3.05) is 18.4 Å². The van der Waals surface area contributed by atoms with Crippen molar-refractivity contribution in [3.05, 3.63) is 36.9 Å². The Balaban J connectivity index is 1.71. The summed E-state index contributed by atoms with van der Waals surface area (Å²) in [5.41, 5.74) is 1.69. The first-order chi connectivity index (χ1) is 9.83. The zero-order valence-corrected chi connectivity index (χ0v) is 11.1. The molecule has 1 aliphatic heterocycles. The molecular weight excluding hydrogens is 254 g/mol. The van der Waals surface area contributed by atoms with Crippen molar-refractivity contribution in [3.63, 3.8) is 0 Å². The van der Waals surface area contributed by atoms with E-state index in [1.54, 1.807) is 6.20 Å². The van der Waals surface area contributed by atoms with Crippen molar-refractivity contribution in [2.24, 2.45) is 5.92 Å². The molecule has 0 spiro atoms. The maximum absolute atomic E-state index is 12.2. The number of hydrogen-bond donors (Lipinski definition) is 2. The highest BCUT2D eigenvalue weighted by Crippen LogP contribution is 2.22. The highest BCUT2D eigenvalue weighted by molar-refractivity contribution is 5.93. The SMILES string of the molecule is O=C(Nc1cccc(-c2cnco2)c1)[C@H]1CCCNC1. The topological polar surface area (TPSA) is 67.2 Å². The van der Waals surface area contributed by atoms with Crippen LogP contribution in [0.2, 0.25) is 0 Å². The van der Waals surface area contributed by atoms with Gasteiger partial charge in [0.25, 0.3) is 0 Å². The summed E-state index contributed by atoms with van der Waals surface area (Å²) in [6.45, 7) is 1.76. The lowest BCUT2D eigenvalue weighted by Gasteiger charge is -2.21. The zero-order chi connectivity index (χ0) is 13.8. The van der Waals surface area contributed by atoms with Crippen LogP contribution in [0.4, 0.5) is 5.69 Å². The molecule has 5 nitrogen and oxygen atoms in total. The summed E-state index contributed by atoms with van der Waals surface area (Å²) in [5, 5.41) is 6.22. The average Bonchev–Trinajstić information content (AvgIpc) is 3.03. The number of carbonyl (C=O) groups excluding carboxylic acids is 1. The molecule has 1 aromatic carbocycles. The van der Waals surface area contributed by atoms with Crippen LogP contribution >= 0.6 is 0 Å². The lowest BCUT2D eigenvalue weighted by molar-refractivity contribution is -0.120. The van der Waals surface area contributed by atoms with Gasteiger partial charge in [-0.3, -0.25) is 4.79 Å². The Hall–Kier alpha value is -2.14. The number of piperidine rings is 1. The Morgan fingerprint density at radius 1 is 1.45 bits per heavy atom. The summed E-state index contributed by atoms with van der Waals surface area (Å²) in [5.74, 6) is 0.824. The summed E-state index contributed by atoms with van der Waals surface area (Å²) >= 11 is 0. The van der Waals surface area contributed by atoms with Gasteiger partial charge < -0.3 is 15.1 Å². The fraction of sp³-hybridized carbons (Fsp3) is 0.333. The number of benzene rings is 1. The Labute approximate surface area is 117 Å². The summed E-state index contributed by atoms with van der Waals surface area (Å²) in [6, 6.07) is 7.60. The normalized spacial score (nSPS) is 18.7. The highest BCUT2D eigenvalue weighted by Gasteiger charge is 2.20. The van der Waals surface area contributed by atoms with Crippen molar-refractivity contribution in [2.45, 2.75) is 12.8 Å². The van der Waals surface area contributed by atoms with E-state index in [4.69, 9.17) is 4.42 Å². The third-order valence-corrected chi connectivity index (χ3v) is 3.51. The largest absolute Gasteiger partial charge is 0.444 e. The minimum absolute atomic E-state index is 0.0534. The van der Waals surface area contributed by atoms with Gasteiger partial charge in [-0.25, -0.2) is 4.98 Å². The van der Waals surface area contributed by atoms with E-state index in [1.807, 2.05) is 24.3 Å². The van der Waals surface area contributed by atoms with Crippen LogP contribution in [-0.2, 0) is 4.79 Å². The predicted octanol–water partition coefficient (Wildman–Crippen LogP) is 2.28. The number of nitrogens with one attached hydrogen (secondary N) is 2. The number of anilines is 1. The number of oxazole rings is 1. The molecule has 1 atom stereocenters. The average molecular weight is 271 g/mol. The van der Waals surface area contributed by atoms with E-state index < -0.39 is 0 Å². The van der Waals surface area contributed by atoms with Gasteiger partial charge in [-0.2, -0.15) is 0 Å². The first-order valence-corrected chi connectivity index (χ1v) is 6.83. The maximum atomic E-state index is 12.2. The molecular formula is C15H17N3O2. The second kappa shape index (κ2) is 5.88. The zero-order valence-electron chi connectivity index (χ0n) is 11.1. The lowest BCUT2D eigenvalue weighted by atomic mass is 9.98. The predicted molar refractivity (Wildman–Crippen MR) is 76.2 cm³/mol. The molecule has 104 valence electrons. The van der Waals surface area contributed by atoms with Crippen LogP contribution in [0.25, 0.3) is 11.3 Å². The molecule has 0 saturated carbocycles. The van der Waals surface area contributed by atoms with Crippen molar-refractivity contribution in [1.82, 2.24) is 10.3 Å². The van der Waals surface area contributed by atoms with E-state index in [1.165, 1.54) is 6.39 Å².